The summed E-state index contributed by atoms with van der Waals surface area (Å²) in [5.41, 5.74) is 0.316. The molecule has 0 bridgehead atoms. The number of rotatable bonds is 6. The highest BCUT2D eigenvalue weighted by atomic mass is 35.5. The minimum atomic E-state index is -4.58. The second-order valence-corrected chi connectivity index (χ2v) is 7.91. The van der Waals surface area contributed by atoms with E-state index in [0.29, 0.717) is 31.6 Å². The number of halogens is 5. The smallest absolute Gasteiger partial charge is 0.422 e. The molecular formula is C19H22ClF4N7O2. The monoisotopic (exact) mass is 491 g/mol. The van der Waals surface area contributed by atoms with Crippen molar-refractivity contribution in [3.8, 4) is 6.01 Å². The number of likely N-dealkylation sites (tertiary alicyclic amines) is 1. The molecule has 2 N–H and O–H groups in total. The Morgan fingerprint density at radius 1 is 1.21 bits per heavy atom. The van der Waals surface area contributed by atoms with Crippen LogP contribution in [0.4, 0.5) is 39.9 Å². The molecule has 14 heteroatoms. The Kier molecular flexibility index (Phi) is 7.61. The number of aromatic nitrogens is 3. The summed E-state index contributed by atoms with van der Waals surface area (Å²) in [7, 11) is 3.34. The van der Waals surface area contributed by atoms with Gasteiger partial charge in [-0.1, -0.05) is 11.6 Å². The minimum absolute atomic E-state index is 0.00438. The van der Waals surface area contributed by atoms with E-state index >= 15 is 0 Å². The van der Waals surface area contributed by atoms with Crippen LogP contribution in [0.3, 0.4) is 0 Å². The Balaban J connectivity index is 1.74. The second-order valence-electron chi connectivity index (χ2n) is 7.51. The van der Waals surface area contributed by atoms with E-state index in [4.69, 9.17) is 11.6 Å². The van der Waals surface area contributed by atoms with Crippen molar-refractivity contribution < 1.29 is 27.1 Å². The average molecular weight is 492 g/mol. The van der Waals surface area contributed by atoms with Crippen LogP contribution in [0.5, 0.6) is 6.01 Å². The van der Waals surface area contributed by atoms with Crippen LogP contribution >= 0.6 is 11.6 Å². The highest BCUT2D eigenvalue weighted by Gasteiger charge is 2.29. The standard InChI is InChI=1S/C19H22ClF4N7O2/c1-30(2)18(32)31-7-5-11(6-8-31)25-15-27-16(26-12-3-4-14(21)13(20)9-12)29-17(28-15)33-10-19(22,23)24/h3-4,9,11H,5-8,10H2,1-2H3,(H2,25,26,27,28,29). The first-order valence-corrected chi connectivity index (χ1v) is 10.3. The van der Waals surface area contributed by atoms with Gasteiger partial charge in [-0.15, -0.1) is 0 Å². The van der Waals surface area contributed by atoms with Gasteiger partial charge in [-0.05, 0) is 31.0 Å². The first kappa shape index (κ1) is 24.6. The van der Waals surface area contributed by atoms with Crippen LogP contribution in [0.15, 0.2) is 18.2 Å². The number of urea groups is 1. The maximum absolute atomic E-state index is 13.4. The lowest BCUT2D eigenvalue weighted by Crippen LogP contribution is -2.46. The largest absolute Gasteiger partial charge is 0.454 e. The molecule has 0 unspecified atom stereocenters. The summed E-state index contributed by atoms with van der Waals surface area (Å²) in [5, 5.41) is 5.65. The van der Waals surface area contributed by atoms with Crippen LogP contribution in [0.1, 0.15) is 12.8 Å². The molecule has 0 atom stereocenters. The number of nitrogens with one attached hydrogen (secondary N) is 2. The number of piperidine rings is 1. The van der Waals surface area contributed by atoms with Gasteiger partial charge in [-0.25, -0.2) is 9.18 Å². The van der Waals surface area contributed by atoms with Gasteiger partial charge < -0.3 is 25.2 Å². The van der Waals surface area contributed by atoms with E-state index in [1.807, 2.05) is 0 Å². The van der Waals surface area contributed by atoms with Gasteiger partial charge in [0.15, 0.2) is 6.61 Å². The topological polar surface area (TPSA) is 95.5 Å². The van der Waals surface area contributed by atoms with Crippen molar-refractivity contribution in [1.29, 1.82) is 0 Å². The number of benzene rings is 1. The molecule has 33 heavy (non-hydrogen) atoms. The van der Waals surface area contributed by atoms with Crippen LogP contribution < -0.4 is 15.4 Å². The summed E-state index contributed by atoms with van der Waals surface area (Å²) >= 11 is 5.76. The summed E-state index contributed by atoms with van der Waals surface area (Å²) in [6.07, 6.45) is -3.41. The maximum atomic E-state index is 13.4. The molecule has 2 heterocycles. The number of alkyl halides is 3. The van der Waals surface area contributed by atoms with Gasteiger partial charge in [0, 0.05) is 38.9 Å². The first-order chi connectivity index (χ1) is 15.5. The van der Waals surface area contributed by atoms with E-state index in [1.54, 1.807) is 19.0 Å². The number of nitrogens with zero attached hydrogens (tertiary/aromatic N) is 5. The number of ether oxygens (including phenoxy) is 1. The number of carbonyl (C=O) groups excluding carboxylic acids is 1. The van der Waals surface area contributed by atoms with Gasteiger partial charge in [0.2, 0.25) is 11.9 Å². The maximum Gasteiger partial charge on any atom is 0.422 e. The van der Waals surface area contributed by atoms with Crippen molar-refractivity contribution in [3.63, 3.8) is 0 Å². The third-order valence-corrected chi connectivity index (χ3v) is 4.93. The summed E-state index contributed by atoms with van der Waals surface area (Å²) in [6.45, 7) is -0.587. The Morgan fingerprint density at radius 3 is 2.48 bits per heavy atom. The number of hydrogen-bond acceptors (Lipinski definition) is 7. The lowest BCUT2D eigenvalue weighted by molar-refractivity contribution is -0.154. The lowest BCUT2D eigenvalue weighted by Gasteiger charge is -2.33. The minimum Gasteiger partial charge on any atom is -0.454 e. The van der Waals surface area contributed by atoms with E-state index in [2.05, 4.69) is 30.3 Å². The molecule has 1 fully saturated rings. The van der Waals surface area contributed by atoms with Crippen molar-refractivity contribution in [3.05, 3.63) is 29.0 Å². The first-order valence-electron chi connectivity index (χ1n) is 9.90. The molecular weight excluding hydrogens is 470 g/mol. The van der Waals surface area contributed by atoms with Crippen molar-refractivity contribution in [2.75, 3.05) is 44.4 Å². The van der Waals surface area contributed by atoms with Crippen LogP contribution in [-0.2, 0) is 0 Å². The van der Waals surface area contributed by atoms with E-state index in [-0.39, 0.29) is 29.0 Å². The molecule has 0 aliphatic carbocycles. The summed E-state index contributed by atoms with van der Waals surface area (Å²) in [5.74, 6) is -0.753. The highest BCUT2D eigenvalue weighted by molar-refractivity contribution is 6.31. The van der Waals surface area contributed by atoms with Gasteiger partial charge in [0.25, 0.3) is 0 Å². The predicted molar refractivity (Wildman–Crippen MR) is 113 cm³/mol. The molecule has 2 aromatic rings. The van der Waals surface area contributed by atoms with E-state index in [9.17, 15) is 22.4 Å². The fourth-order valence-corrected chi connectivity index (χ4v) is 3.25. The van der Waals surface area contributed by atoms with E-state index < -0.39 is 24.6 Å². The molecule has 3 rings (SSSR count). The van der Waals surface area contributed by atoms with Crippen LogP contribution in [0.2, 0.25) is 5.02 Å². The molecule has 2 amide bonds. The van der Waals surface area contributed by atoms with Crippen LogP contribution in [-0.4, -0.2) is 76.8 Å². The molecule has 1 aliphatic rings. The van der Waals surface area contributed by atoms with Gasteiger partial charge in [-0.3, -0.25) is 0 Å². The van der Waals surface area contributed by atoms with Crippen LogP contribution in [0, 0.1) is 5.82 Å². The lowest BCUT2D eigenvalue weighted by atomic mass is 10.1. The Bertz CT molecular complexity index is 985. The Labute approximate surface area is 192 Å². The Hall–Kier alpha value is -3.09. The van der Waals surface area contributed by atoms with Crippen molar-refractivity contribution in [2.45, 2.75) is 25.1 Å². The van der Waals surface area contributed by atoms with Gasteiger partial charge in [0.05, 0.1) is 5.02 Å². The number of hydrogen-bond donors (Lipinski definition) is 2. The molecule has 0 radical (unpaired) electrons. The van der Waals surface area contributed by atoms with Crippen LogP contribution in [0.25, 0.3) is 0 Å². The van der Waals surface area contributed by atoms with Crippen molar-refractivity contribution in [2.24, 2.45) is 0 Å². The van der Waals surface area contributed by atoms with Gasteiger partial charge in [0.1, 0.15) is 5.82 Å². The third-order valence-electron chi connectivity index (χ3n) is 4.64. The molecule has 0 spiro atoms. The summed E-state index contributed by atoms with van der Waals surface area (Å²) in [6, 6.07) is 3.01. The quantitative estimate of drug-likeness (QED) is 0.591. The molecule has 1 aliphatic heterocycles. The predicted octanol–water partition coefficient (Wildman–Crippen LogP) is 3.91. The zero-order valence-electron chi connectivity index (χ0n) is 17.8. The molecule has 1 saturated heterocycles. The molecule has 1 aromatic carbocycles. The average Bonchev–Trinajstić information content (AvgIpc) is 2.74. The van der Waals surface area contributed by atoms with Gasteiger partial charge in [-0.2, -0.15) is 28.1 Å². The molecule has 9 nitrogen and oxygen atoms in total. The summed E-state index contributed by atoms with van der Waals surface area (Å²) < 4.78 is 55.8. The number of amides is 2. The van der Waals surface area contributed by atoms with Crippen molar-refractivity contribution >= 4 is 35.2 Å². The second kappa shape index (κ2) is 10.2. The SMILES string of the molecule is CN(C)C(=O)N1CCC(Nc2nc(Nc3ccc(F)c(Cl)c3)nc(OCC(F)(F)F)n2)CC1. The Morgan fingerprint density at radius 2 is 1.88 bits per heavy atom. The normalized spacial score (nSPS) is 14.7. The summed E-state index contributed by atoms with van der Waals surface area (Å²) in [4.78, 5) is 27.2. The van der Waals surface area contributed by atoms with E-state index in [0.717, 1.165) is 6.07 Å². The molecule has 0 saturated carbocycles. The number of carbonyl (C=O) groups is 1. The molecule has 180 valence electrons. The fraction of sp³-hybridized carbons (Fsp3) is 0.474. The van der Waals surface area contributed by atoms with E-state index in [1.165, 1.54) is 17.0 Å². The zero-order chi connectivity index (χ0) is 24.2. The zero-order valence-corrected chi connectivity index (χ0v) is 18.5. The number of anilines is 3. The fourth-order valence-electron chi connectivity index (χ4n) is 3.07. The van der Waals surface area contributed by atoms with Crippen molar-refractivity contribution in [1.82, 2.24) is 24.8 Å². The van der Waals surface area contributed by atoms with Gasteiger partial charge >= 0.3 is 18.2 Å². The third kappa shape index (κ3) is 7.20. The highest BCUT2D eigenvalue weighted by Crippen LogP contribution is 2.24. The molecule has 1 aromatic heterocycles.